The number of carbonyl (C=O) groups is 1. The van der Waals surface area contributed by atoms with Crippen molar-refractivity contribution in [3.05, 3.63) is 94.6 Å². The van der Waals surface area contributed by atoms with E-state index in [0.29, 0.717) is 34.9 Å². The summed E-state index contributed by atoms with van der Waals surface area (Å²) in [6, 6.07) is 20.2. The first kappa shape index (κ1) is 36.3. The number of fused-ring (bicyclic) bond motifs is 1. The molecule has 1 saturated heterocycles. The van der Waals surface area contributed by atoms with E-state index in [0.717, 1.165) is 61.6 Å². The number of hydrogen-bond donors (Lipinski definition) is 2. The van der Waals surface area contributed by atoms with Crippen LogP contribution >= 0.6 is 11.8 Å². The minimum Gasteiger partial charge on any atom is -0.489 e. The Labute approximate surface area is 293 Å². The average molecular weight is 687 g/mol. The molecule has 260 valence electrons. The fourth-order valence-electron chi connectivity index (χ4n) is 6.35. The van der Waals surface area contributed by atoms with E-state index < -0.39 is 17.1 Å². The molecule has 3 N–H and O–H groups in total. The van der Waals surface area contributed by atoms with Crippen molar-refractivity contribution in [2.75, 3.05) is 31.6 Å². The van der Waals surface area contributed by atoms with Crippen molar-refractivity contribution in [1.82, 2.24) is 19.8 Å². The Hall–Kier alpha value is -3.95. The molecule has 1 fully saturated rings. The van der Waals surface area contributed by atoms with E-state index in [-0.39, 0.29) is 12.5 Å². The first-order valence-corrected chi connectivity index (χ1v) is 18.1. The normalized spacial score (nSPS) is 14.6. The van der Waals surface area contributed by atoms with E-state index in [1.807, 2.05) is 64.1 Å². The van der Waals surface area contributed by atoms with Crippen LogP contribution in [0.2, 0.25) is 0 Å². The number of thioether (sulfide) groups is 1. The second-order valence-corrected chi connectivity index (χ2v) is 14.7. The molecule has 1 aliphatic heterocycles. The number of imidazole rings is 1. The van der Waals surface area contributed by atoms with Gasteiger partial charge in [-0.25, -0.2) is 9.37 Å². The number of halogens is 1. The van der Waals surface area contributed by atoms with Crippen molar-refractivity contribution < 1.29 is 18.7 Å². The Morgan fingerprint density at radius 1 is 1.12 bits per heavy atom. The van der Waals surface area contributed by atoms with Gasteiger partial charge in [-0.15, -0.1) is 0 Å². The molecule has 0 aliphatic carbocycles. The molecule has 0 spiro atoms. The number of aromatic nitrogens is 2. The smallest absolute Gasteiger partial charge is 0.253 e. The number of hydrogen-bond acceptors (Lipinski definition) is 8. The number of nitrogens with one attached hydrogen (secondary N) is 1. The molecule has 9 nitrogen and oxygen atoms in total. The van der Waals surface area contributed by atoms with Crippen LogP contribution in [-0.2, 0) is 24.4 Å². The van der Waals surface area contributed by atoms with Gasteiger partial charge < -0.3 is 25.1 Å². The largest absolute Gasteiger partial charge is 0.489 e. The molecule has 0 bridgehead atoms. The average Bonchev–Trinajstić information content (AvgIpc) is 3.42. The predicted octanol–water partition coefficient (Wildman–Crippen LogP) is 6.59. The number of nitriles is 1. The van der Waals surface area contributed by atoms with Crippen molar-refractivity contribution in [2.45, 2.75) is 77.5 Å². The summed E-state index contributed by atoms with van der Waals surface area (Å²) in [4.78, 5) is 20.8. The van der Waals surface area contributed by atoms with Crippen molar-refractivity contribution in [3.63, 3.8) is 0 Å². The van der Waals surface area contributed by atoms with Crippen LogP contribution in [0.3, 0.4) is 0 Å². The number of piperidine rings is 1. The molecule has 49 heavy (non-hydrogen) atoms. The Morgan fingerprint density at radius 3 is 2.59 bits per heavy atom. The molecule has 0 unspecified atom stereocenters. The molecule has 4 aromatic rings. The molecular formula is C38H47FN6O3S. The minimum absolute atomic E-state index is 0.0999. The van der Waals surface area contributed by atoms with E-state index in [9.17, 15) is 9.18 Å². The highest BCUT2D eigenvalue weighted by Crippen LogP contribution is 2.31. The van der Waals surface area contributed by atoms with Crippen LogP contribution < -0.4 is 15.8 Å². The highest BCUT2D eigenvalue weighted by molar-refractivity contribution is 7.98. The SMILES string of the molecule is CSCCn1c(CN2CCC(c3cccc(OCc4ccc(C#N)cc4F)c3)CC2)nc2ccc(C(=O)NC(C)(C)OC(C)(C)CN)cc21. The van der Waals surface area contributed by atoms with Gasteiger partial charge in [-0.05, 0) is 114 Å². The molecule has 0 radical (unpaired) electrons. The van der Waals surface area contributed by atoms with Crippen molar-refractivity contribution in [3.8, 4) is 11.8 Å². The van der Waals surface area contributed by atoms with Crippen molar-refractivity contribution >= 4 is 28.7 Å². The van der Waals surface area contributed by atoms with E-state index >= 15 is 0 Å². The van der Waals surface area contributed by atoms with Gasteiger partial charge in [0.2, 0.25) is 0 Å². The second-order valence-electron chi connectivity index (χ2n) is 13.7. The Morgan fingerprint density at radius 2 is 1.90 bits per heavy atom. The molecule has 0 atom stereocenters. The molecule has 2 heterocycles. The van der Waals surface area contributed by atoms with Crippen LogP contribution in [0, 0.1) is 17.1 Å². The lowest BCUT2D eigenvalue weighted by Crippen LogP contribution is -2.52. The number of nitrogens with zero attached hydrogens (tertiary/aromatic N) is 4. The fourth-order valence-corrected chi connectivity index (χ4v) is 6.71. The topological polar surface area (TPSA) is 118 Å². The molecule has 1 aliphatic rings. The number of nitrogens with two attached hydrogens (primary N) is 1. The molecule has 1 amide bonds. The predicted molar refractivity (Wildman–Crippen MR) is 193 cm³/mol. The van der Waals surface area contributed by atoms with Gasteiger partial charge in [-0.3, -0.25) is 9.69 Å². The number of carbonyl (C=O) groups excluding carboxylic acids is 1. The number of benzene rings is 3. The first-order valence-electron chi connectivity index (χ1n) is 16.7. The number of likely N-dealkylation sites (tertiary alicyclic amines) is 1. The van der Waals surface area contributed by atoms with Gasteiger partial charge in [-0.1, -0.05) is 18.2 Å². The number of amides is 1. The van der Waals surface area contributed by atoms with Crippen LogP contribution in [0.15, 0.2) is 60.7 Å². The summed E-state index contributed by atoms with van der Waals surface area (Å²) in [6.07, 6.45) is 4.10. The molecule has 11 heteroatoms. The zero-order valence-electron chi connectivity index (χ0n) is 29.1. The Bertz CT molecular complexity index is 1810. The zero-order chi connectivity index (χ0) is 35.2. The van der Waals surface area contributed by atoms with Gasteiger partial charge in [0, 0.05) is 30.0 Å². The van der Waals surface area contributed by atoms with Crippen molar-refractivity contribution in [1.29, 1.82) is 5.26 Å². The van der Waals surface area contributed by atoms with Gasteiger partial charge in [-0.2, -0.15) is 17.0 Å². The standard InChI is InChI=1S/C38H47FN6O3S/c1-37(2,25-41)48-38(3,4)43-36(46)29-11-12-33-34(21-29)45(17-18-49-5)35(42-33)23-44-15-13-27(14-16-44)28-7-6-8-31(20-28)47-24-30-10-9-26(22-40)19-32(30)39/h6-12,19-21,27H,13-18,23-25,41H2,1-5H3,(H,43,46). The summed E-state index contributed by atoms with van der Waals surface area (Å²) in [5, 5.41) is 12.0. The number of rotatable bonds is 14. The highest BCUT2D eigenvalue weighted by atomic mass is 32.2. The van der Waals surface area contributed by atoms with E-state index in [1.165, 1.54) is 11.6 Å². The molecule has 5 rings (SSSR count). The summed E-state index contributed by atoms with van der Waals surface area (Å²) >= 11 is 1.78. The quantitative estimate of drug-likeness (QED) is 0.143. The third kappa shape index (κ3) is 9.40. The minimum atomic E-state index is -0.898. The maximum absolute atomic E-state index is 14.3. The van der Waals surface area contributed by atoms with Crippen molar-refractivity contribution in [2.24, 2.45) is 5.73 Å². The monoisotopic (exact) mass is 686 g/mol. The van der Waals surface area contributed by atoms with Gasteiger partial charge >= 0.3 is 0 Å². The summed E-state index contributed by atoms with van der Waals surface area (Å²) in [5.74, 6) is 2.38. The number of aryl methyl sites for hydroxylation is 1. The van der Waals surface area contributed by atoms with E-state index in [2.05, 4.69) is 33.2 Å². The molecule has 3 aromatic carbocycles. The van der Waals surface area contributed by atoms with Crippen LogP contribution in [0.5, 0.6) is 5.75 Å². The summed E-state index contributed by atoms with van der Waals surface area (Å²) < 4.78 is 28.6. The summed E-state index contributed by atoms with van der Waals surface area (Å²) in [6.45, 7) is 11.3. The van der Waals surface area contributed by atoms with E-state index in [1.54, 1.807) is 23.9 Å². The first-order chi connectivity index (χ1) is 23.4. The third-order valence-corrected chi connectivity index (χ3v) is 9.50. The molecule has 1 aromatic heterocycles. The fraction of sp³-hybridized carbons (Fsp3) is 0.447. The Balaban J connectivity index is 1.23. The molecular weight excluding hydrogens is 640 g/mol. The van der Waals surface area contributed by atoms with Gasteiger partial charge in [0.25, 0.3) is 5.91 Å². The zero-order valence-corrected chi connectivity index (χ0v) is 29.9. The van der Waals surface area contributed by atoms with Crippen LogP contribution in [0.4, 0.5) is 4.39 Å². The third-order valence-electron chi connectivity index (χ3n) is 8.90. The lowest BCUT2D eigenvalue weighted by atomic mass is 9.89. The Kier molecular flexibility index (Phi) is 11.7. The maximum atomic E-state index is 14.3. The van der Waals surface area contributed by atoms with Crippen LogP contribution in [0.1, 0.15) is 79.3 Å². The van der Waals surface area contributed by atoms with Crippen LogP contribution in [0.25, 0.3) is 11.0 Å². The van der Waals surface area contributed by atoms with Gasteiger partial charge in [0.05, 0.1) is 34.8 Å². The molecule has 0 saturated carbocycles. The second kappa shape index (κ2) is 15.7. The lowest BCUT2D eigenvalue weighted by Gasteiger charge is -2.35. The number of ether oxygens (including phenoxy) is 2. The maximum Gasteiger partial charge on any atom is 0.253 e. The summed E-state index contributed by atoms with van der Waals surface area (Å²) in [7, 11) is 0. The van der Waals surface area contributed by atoms with Gasteiger partial charge in [0.1, 0.15) is 29.7 Å². The van der Waals surface area contributed by atoms with Gasteiger partial charge in [0.15, 0.2) is 0 Å². The lowest BCUT2D eigenvalue weighted by molar-refractivity contribution is -0.127. The van der Waals surface area contributed by atoms with Crippen LogP contribution in [-0.4, -0.2) is 63.3 Å². The highest BCUT2D eigenvalue weighted by Gasteiger charge is 2.30. The van der Waals surface area contributed by atoms with E-state index in [4.69, 9.17) is 25.5 Å². The summed E-state index contributed by atoms with van der Waals surface area (Å²) in [5.41, 5.74) is 8.68.